The Kier molecular flexibility index (Phi) is 5.36. The Hall–Kier alpha value is -1.39. The molecule has 3 N–H and O–H groups in total. The molecule has 1 unspecified atom stereocenters. The highest BCUT2D eigenvalue weighted by molar-refractivity contribution is 5.78. The van der Waals surface area contributed by atoms with Crippen LogP contribution < -0.4 is 10.6 Å². The first-order chi connectivity index (χ1) is 9.31. The van der Waals surface area contributed by atoms with Crippen LogP contribution in [0.2, 0.25) is 0 Å². The third-order valence-electron chi connectivity index (χ3n) is 3.72. The van der Waals surface area contributed by atoms with Gasteiger partial charge in [0, 0.05) is 18.4 Å². The second-order valence-corrected chi connectivity index (χ2v) is 5.06. The van der Waals surface area contributed by atoms with Crippen molar-refractivity contribution < 1.29 is 9.90 Å². The minimum absolute atomic E-state index is 0.0214. The van der Waals surface area contributed by atoms with Gasteiger partial charge in [-0.25, -0.2) is 0 Å². The largest absolute Gasteiger partial charge is 0.396 e. The lowest BCUT2D eigenvalue weighted by molar-refractivity contribution is -0.125. The van der Waals surface area contributed by atoms with Crippen molar-refractivity contribution in [2.75, 3.05) is 26.2 Å². The van der Waals surface area contributed by atoms with E-state index in [1.807, 2.05) is 30.3 Å². The number of aliphatic hydroxyl groups is 1. The van der Waals surface area contributed by atoms with Crippen molar-refractivity contribution in [2.24, 2.45) is 5.92 Å². The van der Waals surface area contributed by atoms with Gasteiger partial charge in [-0.05, 0) is 31.5 Å². The summed E-state index contributed by atoms with van der Waals surface area (Å²) in [6.07, 6.45) is 1.81. The van der Waals surface area contributed by atoms with E-state index in [1.54, 1.807) is 0 Å². The molecule has 1 aliphatic heterocycles. The monoisotopic (exact) mass is 262 g/mol. The molecule has 1 heterocycles. The number of hydrogen-bond acceptors (Lipinski definition) is 3. The molecule has 4 heteroatoms. The van der Waals surface area contributed by atoms with Crippen LogP contribution in [0.5, 0.6) is 0 Å². The van der Waals surface area contributed by atoms with Crippen LogP contribution in [0.25, 0.3) is 0 Å². The zero-order valence-electron chi connectivity index (χ0n) is 11.1. The average molecular weight is 262 g/mol. The molecule has 1 atom stereocenters. The Bertz CT molecular complexity index is 388. The van der Waals surface area contributed by atoms with Crippen LogP contribution in [0.1, 0.15) is 24.3 Å². The second kappa shape index (κ2) is 7.26. The summed E-state index contributed by atoms with van der Waals surface area (Å²) in [5.74, 6) is 0.221. The van der Waals surface area contributed by atoms with E-state index in [9.17, 15) is 9.90 Å². The van der Waals surface area contributed by atoms with Crippen LogP contribution in [-0.4, -0.2) is 37.3 Å². The van der Waals surface area contributed by atoms with Gasteiger partial charge in [-0.2, -0.15) is 0 Å². The number of rotatable bonds is 5. The van der Waals surface area contributed by atoms with E-state index in [-0.39, 0.29) is 24.3 Å². The molecule has 104 valence electrons. The topological polar surface area (TPSA) is 61.4 Å². The summed E-state index contributed by atoms with van der Waals surface area (Å²) in [6.45, 7) is 2.39. The third-order valence-corrected chi connectivity index (χ3v) is 3.72. The van der Waals surface area contributed by atoms with Crippen LogP contribution in [0.3, 0.4) is 0 Å². The number of aliphatic hydroxyl groups excluding tert-OH is 1. The molecule has 19 heavy (non-hydrogen) atoms. The van der Waals surface area contributed by atoms with Gasteiger partial charge in [0.15, 0.2) is 0 Å². The molecular weight excluding hydrogens is 240 g/mol. The van der Waals surface area contributed by atoms with Crippen molar-refractivity contribution in [1.29, 1.82) is 0 Å². The minimum Gasteiger partial charge on any atom is -0.396 e. The normalized spacial score (nSPS) is 17.9. The molecule has 0 saturated carbocycles. The highest BCUT2D eigenvalue weighted by Gasteiger charge is 2.21. The van der Waals surface area contributed by atoms with Gasteiger partial charge in [0.1, 0.15) is 0 Å². The molecule has 1 aromatic rings. The maximum absolute atomic E-state index is 12.0. The van der Waals surface area contributed by atoms with Gasteiger partial charge in [-0.1, -0.05) is 30.3 Å². The van der Waals surface area contributed by atoms with Crippen molar-refractivity contribution in [2.45, 2.75) is 18.8 Å². The summed E-state index contributed by atoms with van der Waals surface area (Å²) < 4.78 is 0. The summed E-state index contributed by atoms with van der Waals surface area (Å²) in [5, 5.41) is 15.7. The van der Waals surface area contributed by atoms with Gasteiger partial charge in [-0.15, -0.1) is 0 Å². The smallest absolute Gasteiger partial charge is 0.223 e. The lowest BCUT2D eigenvalue weighted by atomic mass is 9.96. The number of amides is 1. The number of nitrogens with one attached hydrogen (secondary N) is 2. The summed E-state index contributed by atoms with van der Waals surface area (Å²) in [6, 6.07) is 9.82. The average Bonchev–Trinajstić information content (AvgIpc) is 2.49. The number of carbonyl (C=O) groups excluding carboxylic acids is 1. The molecule has 0 bridgehead atoms. The molecule has 0 spiro atoms. The van der Waals surface area contributed by atoms with Gasteiger partial charge in [-0.3, -0.25) is 4.79 Å². The predicted octanol–water partition coefficient (Wildman–Crippen LogP) is 0.878. The van der Waals surface area contributed by atoms with Crippen LogP contribution in [-0.2, 0) is 4.79 Å². The molecule has 1 fully saturated rings. The van der Waals surface area contributed by atoms with Crippen molar-refractivity contribution in [3.63, 3.8) is 0 Å². The van der Waals surface area contributed by atoms with Crippen LogP contribution in [0.4, 0.5) is 0 Å². The Morgan fingerprint density at radius 3 is 2.63 bits per heavy atom. The van der Waals surface area contributed by atoms with E-state index in [2.05, 4.69) is 10.6 Å². The first-order valence-corrected chi connectivity index (χ1v) is 6.95. The van der Waals surface area contributed by atoms with E-state index in [0.717, 1.165) is 31.5 Å². The van der Waals surface area contributed by atoms with Gasteiger partial charge in [0.2, 0.25) is 5.91 Å². The minimum atomic E-state index is -0.0214. The number of hydrogen-bond donors (Lipinski definition) is 3. The SMILES string of the molecule is O=C(NCC(CO)c1ccccc1)C1CCNCC1. The van der Waals surface area contributed by atoms with Crippen molar-refractivity contribution in [1.82, 2.24) is 10.6 Å². The van der Waals surface area contributed by atoms with Crippen molar-refractivity contribution >= 4 is 5.91 Å². The van der Waals surface area contributed by atoms with Gasteiger partial charge >= 0.3 is 0 Å². The van der Waals surface area contributed by atoms with Crippen LogP contribution in [0.15, 0.2) is 30.3 Å². The number of benzene rings is 1. The van der Waals surface area contributed by atoms with Gasteiger partial charge < -0.3 is 15.7 Å². The highest BCUT2D eigenvalue weighted by atomic mass is 16.3. The molecule has 2 rings (SSSR count). The lowest BCUT2D eigenvalue weighted by Crippen LogP contribution is -2.39. The zero-order chi connectivity index (χ0) is 13.5. The lowest BCUT2D eigenvalue weighted by Gasteiger charge is -2.23. The van der Waals surface area contributed by atoms with Crippen LogP contribution >= 0.6 is 0 Å². The third kappa shape index (κ3) is 4.04. The number of carbonyl (C=O) groups is 1. The van der Waals surface area contributed by atoms with Gasteiger partial charge in [0.25, 0.3) is 0 Å². The fourth-order valence-corrected chi connectivity index (χ4v) is 2.47. The Labute approximate surface area is 114 Å². The van der Waals surface area contributed by atoms with Crippen molar-refractivity contribution in [3.8, 4) is 0 Å². The number of piperidine rings is 1. The fourth-order valence-electron chi connectivity index (χ4n) is 2.47. The summed E-state index contributed by atoms with van der Waals surface area (Å²) in [5.41, 5.74) is 1.07. The molecule has 0 aromatic heterocycles. The molecule has 1 amide bonds. The summed E-state index contributed by atoms with van der Waals surface area (Å²) in [4.78, 5) is 12.0. The predicted molar refractivity (Wildman–Crippen MR) is 74.9 cm³/mol. The first-order valence-electron chi connectivity index (χ1n) is 6.95. The molecule has 1 saturated heterocycles. The first kappa shape index (κ1) is 14.0. The molecule has 0 aliphatic carbocycles. The second-order valence-electron chi connectivity index (χ2n) is 5.06. The highest BCUT2D eigenvalue weighted by Crippen LogP contribution is 2.15. The molecular formula is C15H22N2O2. The van der Waals surface area contributed by atoms with E-state index in [0.29, 0.717) is 6.54 Å². The standard InChI is InChI=1S/C15H22N2O2/c18-11-14(12-4-2-1-3-5-12)10-17-15(19)13-6-8-16-9-7-13/h1-5,13-14,16,18H,6-11H2,(H,17,19). The molecule has 1 aliphatic rings. The van der Waals surface area contributed by atoms with E-state index < -0.39 is 0 Å². The van der Waals surface area contributed by atoms with E-state index in [1.165, 1.54) is 0 Å². The molecule has 4 nitrogen and oxygen atoms in total. The molecule has 1 aromatic carbocycles. The van der Waals surface area contributed by atoms with Crippen LogP contribution in [0, 0.1) is 5.92 Å². The van der Waals surface area contributed by atoms with Gasteiger partial charge in [0.05, 0.1) is 6.61 Å². The quantitative estimate of drug-likeness (QED) is 0.738. The summed E-state index contributed by atoms with van der Waals surface area (Å²) in [7, 11) is 0. The fraction of sp³-hybridized carbons (Fsp3) is 0.533. The Balaban J connectivity index is 1.84. The maximum atomic E-state index is 12.0. The van der Waals surface area contributed by atoms with E-state index >= 15 is 0 Å². The molecule has 0 radical (unpaired) electrons. The summed E-state index contributed by atoms with van der Waals surface area (Å²) >= 11 is 0. The zero-order valence-corrected chi connectivity index (χ0v) is 11.1. The Morgan fingerprint density at radius 1 is 1.32 bits per heavy atom. The van der Waals surface area contributed by atoms with Crippen molar-refractivity contribution in [3.05, 3.63) is 35.9 Å². The van der Waals surface area contributed by atoms with E-state index in [4.69, 9.17) is 0 Å². The maximum Gasteiger partial charge on any atom is 0.223 e. The Morgan fingerprint density at radius 2 is 2.00 bits per heavy atom.